The molecule has 1 saturated carbocycles. The topological polar surface area (TPSA) is 63.2 Å². The van der Waals surface area contributed by atoms with E-state index in [1.807, 2.05) is 18.2 Å². The van der Waals surface area contributed by atoms with Crippen molar-refractivity contribution in [2.75, 3.05) is 17.3 Å². The van der Waals surface area contributed by atoms with Crippen LogP contribution in [0.1, 0.15) is 31.2 Å². The lowest BCUT2D eigenvalue weighted by atomic mass is 9.72. The number of carbonyl (C=O) groups excluding carboxylic acids is 1. The Morgan fingerprint density at radius 3 is 2.55 bits per heavy atom. The first-order valence-corrected chi connectivity index (χ1v) is 10.5. The van der Waals surface area contributed by atoms with Gasteiger partial charge in [-0.1, -0.05) is 30.3 Å². The zero-order valence-corrected chi connectivity index (χ0v) is 14.1. The van der Waals surface area contributed by atoms with Crippen LogP contribution in [-0.4, -0.2) is 36.8 Å². The summed E-state index contributed by atoms with van der Waals surface area (Å²) in [6.07, 6.45) is 3.75. The van der Waals surface area contributed by atoms with E-state index in [0.29, 0.717) is 12.2 Å². The van der Waals surface area contributed by atoms with Gasteiger partial charge >= 0.3 is 0 Å². The third-order valence-corrected chi connectivity index (χ3v) is 7.83. The molecule has 6 heteroatoms. The van der Waals surface area contributed by atoms with Gasteiger partial charge in [0.15, 0.2) is 9.84 Å². The van der Waals surface area contributed by atoms with Gasteiger partial charge in [0, 0.05) is 5.25 Å². The first-order valence-electron chi connectivity index (χ1n) is 7.68. The number of benzene rings is 1. The van der Waals surface area contributed by atoms with Crippen molar-refractivity contribution < 1.29 is 13.2 Å². The molecule has 4 nitrogen and oxygen atoms in total. The number of carbonyl (C=O) groups is 1. The van der Waals surface area contributed by atoms with Gasteiger partial charge in [-0.15, -0.1) is 11.8 Å². The summed E-state index contributed by atoms with van der Waals surface area (Å²) in [5, 5.41) is 3.26. The highest BCUT2D eigenvalue weighted by Crippen LogP contribution is 2.41. The Morgan fingerprint density at radius 2 is 2.00 bits per heavy atom. The lowest BCUT2D eigenvalue weighted by Gasteiger charge is -2.43. The Balaban J connectivity index is 1.55. The zero-order chi connectivity index (χ0) is 15.6. The highest BCUT2D eigenvalue weighted by molar-refractivity contribution is 8.02. The Hall–Kier alpha value is -1.01. The molecule has 120 valence electrons. The van der Waals surface area contributed by atoms with E-state index in [2.05, 4.69) is 17.4 Å². The van der Waals surface area contributed by atoms with Crippen molar-refractivity contribution in [3.05, 3.63) is 35.9 Å². The highest BCUT2D eigenvalue weighted by atomic mass is 32.2. The van der Waals surface area contributed by atoms with Gasteiger partial charge in [-0.3, -0.25) is 4.79 Å². The fourth-order valence-electron chi connectivity index (χ4n) is 3.16. The average Bonchev–Trinajstić information content (AvgIpc) is 2.81. The second kappa shape index (κ2) is 6.24. The summed E-state index contributed by atoms with van der Waals surface area (Å²) in [5.74, 6) is 0.835. The van der Waals surface area contributed by atoms with Gasteiger partial charge in [0.05, 0.1) is 22.8 Å². The predicted molar refractivity (Wildman–Crippen MR) is 89.6 cm³/mol. The summed E-state index contributed by atoms with van der Waals surface area (Å²) in [4.78, 5) is 12.3. The van der Waals surface area contributed by atoms with Crippen LogP contribution in [0, 0.1) is 0 Å². The third-order valence-electron chi connectivity index (χ3n) is 4.55. The molecular weight excluding hydrogens is 318 g/mol. The van der Waals surface area contributed by atoms with Crippen LogP contribution in [0.15, 0.2) is 30.3 Å². The van der Waals surface area contributed by atoms with Gasteiger partial charge in [-0.25, -0.2) is 8.42 Å². The monoisotopic (exact) mass is 339 g/mol. The number of thioether (sulfide) groups is 1. The van der Waals surface area contributed by atoms with E-state index in [1.54, 1.807) is 0 Å². The molecule has 22 heavy (non-hydrogen) atoms. The number of nitrogens with one attached hydrogen (secondary N) is 1. The highest BCUT2D eigenvalue weighted by Gasteiger charge is 2.40. The molecule has 1 saturated heterocycles. The van der Waals surface area contributed by atoms with Gasteiger partial charge < -0.3 is 5.32 Å². The molecule has 1 aliphatic heterocycles. The first kappa shape index (κ1) is 15.9. The number of hydrogen-bond acceptors (Lipinski definition) is 4. The van der Waals surface area contributed by atoms with E-state index in [4.69, 9.17) is 0 Å². The Labute approximate surface area is 136 Å². The molecule has 0 bridgehead atoms. The Morgan fingerprint density at radius 1 is 1.27 bits per heavy atom. The number of rotatable bonds is 5. The molecule has 0 aromatic heterocycles. The summed E-state index contributed by atoms with van der Waals surface area (Å²) < 4.78 is 22.9. The van der Waals surface area contributed by atoms with Gasteiger partial charge in [-0.05, 0) is 31.2 Å². The van der Waals surface area contributed by atoms with E-state index in [0.717, 1.165) is 19.3 Å². The molecule has 1 amide bonds. The van der Waals surface area contributed by atoms with E-state index in [-0.39, 0.29) is 28.2 Å². The molecule has 0 spiro atoms. The van der Waals surface area contributed by atoms with E-state index in [1.165, 1.54) is 17.3 Å². The van der Waals surface area contributed by atoms with Crippen molar-refractivity contribution in [1.29, 1.82) is 0 Å². The van der Waals surface area contributed by atoms with Crippen molar-refractivity contribution >= 4 is 27.5 Å². The van der Waals surface area contributed by atoms with E-state index in [9.17, 15) is 13.2 Å². The van der Waals surface area contributed by atoms with Crippen molar-refractivity contribution in [3.63, 3.8) is 0 Å². The Bertz CT molecular complexity index is 639. The van der Waals surface area contributed by atoms with Crippen molar-refractivity contribution in [2.45, 2.75) is 36.5 Å². The molecule has 1 aromatic rings. The maximum Gasteiger partial charge on any atom is 0.230 e. The minimum Gasteiger partial charge on any atom is -0.346 e. The summed E-state index contributed by atoms with van der Waals surface area (Å²) in [7, 11) is -2.87. The fraction of sp³-hybridized carbons (Fsp3) is 0.562. The molecule has 1 atom stereocenters. The van der Waals surface area contributed by atoms with Gasteiger partial charge in [-0.2, -0.15) is 0 Å². The van der Waals surface area contributed by atoms with Crippen LogP contribution in [0.5, 0.6) is 0 Å². The summed E-state index contributed by atoms with van der Waals surface area (Å²) >= 11 is 1.47. The van der Waals surface area contributed by atoms with E-state index >= 15 is 0 Å². The maximum absolute atomic E-state index is 12.3. The molecule has 2 fully saturated rings. The SMILES string of the molecule is O=C(CSC1CCS(=O)(=O)C1)NC1(c2ccccc2)CCC1. The molecule has 2 aliphatic rings. The van der Waals surface area contributed by atoms with Crippen LogP contribution < -0.4 is 5.32 Å². The minimum absolute atomic E-state index is 0.0119. The number of amides is 1. The van der Waals surface area contributed by atoms with Crippen LogP contribution in [0.3, 0.4) is 0 Å². The fourth-order valence-corrected chi connectivity index (χ4v) is 6.61. The Kier molecular flexibility index (Phi) is 4.50. The molecule has 1 aliphatic carbocycles. The molecule has 3 rings (SSSR count). The molecule has 1 unspecified atom stereocenters. The van der Waals surface area contributed by atoms with Crippen LogP contribution >= 0.6 is 11.8 Å². The average molecular weight is 339 g/mol. The summed E-state index contributed by atoms with van der Waals surface area (Å²) in [6.45, 7) is 0. The minimum atomic E-state index is -2.87. The molecule has 1 heterocycles. The van der Waals surface area contributed by atoms with Crippen LogP contribution in [0.25, 0.3) is 0 Å². The summed E-state index contributed by atoms with van der Waals surface area (Å²) in [6, 6.07) is 10.1. The summed E-state index contributed by atoms with van der Waals surface area (Å²) in [5.41, 5.74) is 0.962. The zero-order valence-electron chi connectivity index (χ0n) is 12.5. The largest absolute Gasteiger partial charge is 0.346 e. The van der Waals surface area contributed by atoms with Gasteiger partial charge in [0.25, 0.3) is 0 Å². The first-order chi connectivity index (χ1) is 10.5. The normalized spacial score (nSPS) is 25.4. The van der Waals surface area contributed by atoms with Crippen LogP contribution in [-0.2, 0) is 20.2 Å². The second-order valence-electron chi connectivity index (χ2n) is 6.19. The second-order valence-corrected chi connectivity index (χ2v) is 9.70. The molecule has 0 radical (unpaired) electrons. The van der Waals surface area contributed by atoms with Crippen molar-refractivity contribution in [2.24, 2.45) is 0 Å². The maximum atomic E-state index is 12.3. The number of hydrogen-bond donors (Lipinski definition) is 1. The third kappa shape index (κ3) is 3.49. The van der Waals surface area contributed by atoms with Crippen molar-refractivity contribution in [3.8, 4) is 0 Å². The smallest absolute Gasteiger partial charge is 0.230 e. The lowest BCUT2D eigenvalue weighted by molar-refractivity contribution is -0.121. The quantitative estimate of drug-likeness (QED) is 0.892. The number of sulfone groups is 1. The lowest BCUT2D eigenvalue weighted by Crippen LogP contribution is -2.51. The standard InChI is InChI=1S/C16H21NO3S2/c18-15(11-21-14-7-10-22(19,20)12-14)17-16(8-4-9-16)13-5-2-1-3-6-13/h1-3,5-6,14H,4,7-12H2,(H,17,18). The van der Waals surface area contributed by atoms with Crippen LogP contribution in [0.4, 0.5) is 0 Å². The van der Waals surface area contributed by atoms with Gasteiger partial charge in [0.1, 0.15) is 0 Å². The van der Waals surface area contributed by atoms with Gasteiger partial charge in [0.2, 0.25) is 5.91 Å². The molecular formula is C16H21NO3S2. The van der Waals surface area contributed by atoms with Crippen LogP contribution in [0.2, 0.25) is 0 Å². The molecule has 1 aromatic carbocycles. The van der Waals surface area contributed by atoms with E-state index < -0.39 is 9.84 Å². The predicted octanol–water partition coefficient (Wildman–Crippen LogP) is 2.10. The van der Waals surface area contributed by atoms with Crippen molar-refractivity contribution in [1.82, 2.24) is 5.32 Å². The molecule has 1 N–H and O–H groups in total.